The molecule has 0 spiro atoms. The molecule has 4 nitrogen and oxygen atoms in total. The van der Waals surface area contributed by atoms with Crippen molar-refractivity contribution in [3.05, 3.63) is 88.7 Å². The van der Waals surface area contributed by atoms with E-state index < -0.39 is 11.9 Å². The third-order valence-corrected chi connectivity index (χ3v) is 8.18. The third-order valence-electron chi connectivity index (χ3n) is 8.18. The van der Waals surface area contributed by atoms with E-state index in [0.717, 1.165) is 60.4 Å². The molecule has 1 heterocycles. The van der Waals surface area contributed by atoms with Crippen molar-refractivity contribution in [1.29, 1.82) is 0 Å². The quantitative estimate of drug-likeness (QED) is 0.225. The Bertz CT molecular complexity index is 1340. The van der Waals surface area contributed by atoms with Gasteiger partial charge in [0.15, 0.2) is 11.6 Å². The van der Waals surface area contributed by atoms with E-state index in [-0.39, 0.29) is 17.4 Å². The van der Waals surface area contributed by atoms with Gasteiger partial charge in [0.1, 0.15) is 17.6 Å². The fraction of sp³-hybridized carbons (Fsp3) is 0.429. The zero-order valence-electron chi connectivity index (χ0n) is 24.0. The molecule has 1 saturated carbocycles. The summed E-state index contributed by atoms with van der Waals surface area (Å²) in [5.41, 5.74) is 5.14. The molecule has 1 atom stereocenters. The van der Waals surface area contributed by atoms with Crippen molar-refractivity contribution in [2.24, 2.45) is 11.8 Å². The molecule has 0 amide bonds. The van der Waals surface area contributed by atoms with Crippen LogP contribution in [-0.4, -0.2) is 35.3 Å². The Hall–Kier alpha value is -3.31. The minimum absolute atomic E-state index is 0.154. The molecule has 3 aromatic carbocycles. The molecular weight excluding hydrogens is 501 g/mol. The van der Waals surface area contributed by atoms with Crippen LogP contribution >= 0.6 is 0 Å². The van der Waals surface area contributed by atoms with Crippen molar-refractivity contribution in [2.45, 2.75) is 64.9 Å². The van der Waals surface area contributed by atoms with E-state index >= 15 is 4.39 Å². The van der Waals surface area contributed by atoms with Gasteiger partial charge in [-0.2, -0.15) is 0 Å². The molecule has 2 aliphatic rings. The maximum absolute atomic E-state index is 15.4. The summed E-state index contributed by atoms with van der Waals surface area (Å²) in [6.45, 7) is 6.86. The smallest absolute Gasteiger partial charge is 0.172 e. The highest BCUT2D eigenvalue weighted by molar-refractivity contribution is 5.98. The first-order chi connectivity index (χ1) is 19.3. The van der Waals surface area contributed by atoms with Gasteiger partial charge in [-0.15, -0.1) is 0 Å². The van der Waals surface area contributed by atoms with E-state index in [4.69, 9.17) is 4.74 Å². The van der Waals surface area contributed by atoms with Crippen LogP contribution in [0.15, 0.2) is 60.7 Å². The van der Waals surface area contributed by atoms with Crippen LogP contribution in [0.5, 0.6) is 17.2 Å². The first-order valence-electron chi connectivity index (χ1n) is 14.8. The van der Waals surface area contributed by atoms with E-state index in [2.05, 4.69) is 50.1 Å². The monoisotopic (exact) mass is 543 g/mol. The van der Waals surface area contributed by atoms with E-state index in [0.29, 0.717) is 11.3 Å². The Balaban J connectivity index is 1.35. The Morgan fingerprint density at radius 2 is 1.68 bits per heavy atom. The second-order valence-corrected chi connectivity index (χ2v) is 12.0. The third kappa shape index (κ3) is 6.52. The maximum Gasteiger partial charge on any atom is 0.172 e. The lowest BCUT2D eigenvalue weighted by Crippen LogP contribution is -2.22. The number of ether oxygens (including phenoxy) is 1. The summed E-state index contributed by atoms with van der Waals surface area (Å²) in [5, 5.41) is 20.5. The van der Waals surface area contributed by atoms with Crippen LogP contribution in [0.1, 0.15) is 80.7 Å². The molecule has 3 aromatic rings. The van der Waals surface area contributed by atoms with E-state index in [1.54, 1.807) is 30.3 Å². The summed E-state index contributed by atoms with van der Waals surface area (Å²) in [6, 6.07) is 18.4. The molecule has 0 bridgehead atoms. The molecule has 1 unspecified atom stereocenters. The van der Waals surface area contributed by atoms with Crippen molar-refractivity contribution in [1.82, 2.24) is 4.90 Å². The van der Waals surface area contributed by atoms with E-state index in [1.807, 2.05) is 0 Å². The number of aryl methyl sites for hydroxylation is 1. The summed E-state index contributed by atoms with van der Waals surface area (Å²) in [5.74, 6) is 0.852. The molecule has 1 fully saturated rings. The van der Waals surface area contributed by atoms with Gasteiger partial charge in [0, 0.05) is 16.7 Å². The van der Waals surface area contributed by atoms with Gasteiger partial charge in [0.25, 0.3) is 0 Å². The van der Waals surface area contributed by atoms with Crippen LogP contribution in [0.25, 0.3) is 11.1 Å². The van der Waals surface area contributed by atoms with Crippen molar-refractivity contribution in [2.75, 3.05) is 20.1 Å². The Labute approximate surface area is 238 Å². The number of fused-ring (bicyclic) bond motifs is 1. The summed E-state index contributed by atoms with van der Waals surface area (Å²) in [7, 11) is 2.22. The fourth-order valence-corrected chi connectivity index (χ4v) is 5.70. The van der Waals surface area contributed by atoms with Crippen LogP contribution < -0.4 is 4.74 Å². The minimum atomic E-state index is -0.640. The normalized spacial score (nSPS) is 16.9. The highest BCUT2D eigenvalue weighted by Crippen LogP contribution is 2.56. The molecule has 5 heteroatoms. The lowest BCUT2D eigenvalue weighted by Gasteiger charge is -2.32. The number of benzene rings is 3. The summed E-state index contributed by atoms with van der Waals surface area (Å²) in [4.78, 5) is 2.44. The number of rotatable bonds is 12. The minimum Gasteiger partial charge on any atom is -0.508 e. The van der Waals surface area contributed by atoms with Crippen LogP contribution in [0.2, 0.25) is 0 Å². The maximum atomic E-state index is 15.4. The summed E-state index contributed by atoms with van der Waals surface area (Å²) < 4.78 is 21.9. The van der Waals surface area contributed by atoms with Gasteiger partial charge in [-0.1, -0.05) is 56.7 Å². The SMILES string of the molecule is CC(C)CCN(C)CCCCCc1ccc(C2Oc3ccc(O)cc3C(C3CC3)=C2c2cccc(O)c2F)cc1. The Morgan fingerprint density at radius 1 is 0.900 bits per heavy atom. The number of hydrogen-bond donors (Lipinski definition) is 2. The summed E-state index contributed by atoms with van der Waals surface area (Å²) in [6.07, 6.45) is 7.35. The molecular formula is C35H42FNO3. The van der Waals surface area contributed by atoms with Crippen LogP contribution in [-0.2, 0) is 6.42 Å². The van der Waals surface area contributed by atoms with Crippen LogP contribution in [0, 0.1) is 17.7 Å². The van der Waals surface area contributed by atoms with Crippen LogP contribution in [0.4, 0.5) is 4.39 Å². The fourth-order valence-electron chi connectivity index (χ4n) is 5.70. The zero-order chi connectivity index (χ0) is 28.2. The number of allylic oxidation sites excluding steroid dienone is 1. The van der Waals surface area contributed by atoms with E-state index in [9.17, 15) is 10.2 Å². The second kappa shape index (κ2) is 12.5. The molecule has 0 aromatic heterocycles. The highest BCUT2D eigenvalue weighted by Gasteiger charge is 2.39. The number of unbranched alkanes of at least 4 members (excludes halogenated alkanes) is 2. The molecule has 0 radical (unpaired) electrons. The Morgan fingerprint density at radius 3 is 2.40 bits per heavy atom. The number of phenolic OH excluding ortho intramolecular Hbond substituents is 2. The predicted molar refractivity (Wildman–Crippen MR) is 160 cm³/mol. The molecule has 0 saturated heterocycles. The number of phenols is 2. The van der Waals surface area contributed by atoms with Gasteiger partial charge in [-0.3, -0.25) is 0 Å². The van der Waals surface area contributed by atoms with Gasteiger partial charge < -0.3 is 19.8 Å². The lowest BCUT2D eigenvalue weighted by atomic mass is 9.83. The average Bonchev–Trinajstić information content (AvgIpc) is 3.78. The Kier molecular flexibility index (Phi) is 8.80. The van der Waals surface area contributed by atoms with E-state index in [1.165, 1.54) is 37.4 Å². The largest absolute Gasteiger partial charge is 0.508 e. The molecule has 5 rings (SSSR count). The number of nitrogens with zero attached hydrogens (tertiary/aromatic N) is 1. The van der Waals surface area contributed by atoms with Crippen LogP contribution in [0.3, 0.4) is 0 Å². The average molecular weight is 544 g/mol. The van der Waals surface area contributed by atoms with Crippen molar-refractivity contribution in [3.8, 4) is 17.2 Å². The topological polar surface area (TPSA) is 52.9 Å². The van der Waals surface area contributed by atoms with Gasteiger partial charge in [0.2, 0.25) is 0 Å². The standard InChI is InChI=1S/C35H42FNO3/c1-23(2)19-21-37(3)20-6-4-5-8-24-11-13-26(14-12-24)35-33(28-9-7-10-30(39)34(28)36)32(25-15-16-25)29-22-27(38)17-18-31(29)40-35/h7,9-14,17-18,22-23,25,35,38-39H,4-6,8,15-16,19-21H2,1-3H3. The molecule has 40 heavy (non-hydrogen) atoms. The van der Waals surface area contributed by atoms with Gasteiger partial charge in [0.05, 0.1) is 0 Å². The number of hydrogen-bond acceptors (Lipinski definition) is 4. The first kappa shape index (κ1) is 28.2. The predicted octanol–water partition coefficient (Wildman–Crippen LogP) is 8.38. The van der Waals surface area contributed by atoms with Gasteiger partial charge in [-0.25, -0.2) is 4.39 Å². The molecule has 1 aliphatic heterocycles. The van der Waals surface area contributed by atoms with Crippen molar-refractivity contribution >= 4 is 11.1 Å². The summed E-state index contributed by atoms with van der Waals surface area (Å²) >= 11 is 0. The highest BCUT2D eigenvalue weighted by atomic mass is 19.1. The zero-order valence-corrected chi connectivity index (χ0v) is 24.0. The second-order valence-electron chi connectivity index (χ2n) is 12.0. The van der Waals surface area contributed by atoms with Crippen molar-refractivity contribution in [3.63, 3.8) is 0 Å². The molecule has 2 N–H and O–H groups in total. The van der Waals surface area contributed by atoms with Gasteiger partial charge >= 0.3 is 0 Å². The van der Waals surface area contributed by atoms with Crippen molar-refractivity contribution < 1.29 is 19.3 Å². The molecule has 212 valence electrons. The number of aromatic hydroxyl groups is 2. The lowest BCUT2D eigenvalue weighted by molar-refractivity contribution is 0.258. The molecule has 1 aliphatic carbocycles. The van der Waals surface area contributed by atoms with Gasteiger partial charge in [-0.05, 0) is 111 Å². The first-order valence-corrected chi connectivity index (χ1v) is 14.8. The number of halogens is 1.